The van der Waals surface area contributed by atoms with E-state index in [0.717, 1.165) is 31.7 Å². The number of benzene rings is 1. The lowest BCUT2D eigenvalue weighted by molar-refractivity contribution is 0.0660. The molecule has 1 aliphatic carbocycles. The number of amides is 1. The molecule has 126 valence electrons. The van der Waals surface area contributed by atoms with Crippen molar-refractivity contribution in [2.24, 2.45) is 0 Å². The van der Waals surface area contributed by atoms with E-state index in [1.54, 1.807) is 0 Å². The Balaban J connectivity index is 1.67. The van der Waals surface area contributed by atoms with E-state index in [4.69, 9.17) is 14.3 Å². The zero-order valence-corrected chi connectivity index (χ0v) is 12.8. The first-order chi connectivity index (χ1) is 11.5. The highest BCUT2D eigenvalue weighted by Gasteiger charge is 2.19. The van der Waals surface area contributed by atoms with Crippen LogP contribution in [-0.2, 0) is 0 Å². The number of anilines is 1. The largest absolute Gasteiger partial charge is 0.487 e. The van der Waals surface area contributed by atoms with Crippen LogP contribution in [0.25, 0.3) is 0 Å². The van der Waals surface area contributed by atoms with Crippen molar-refractivity contribution in [3.63, 3.8) is 0 Å². The molecular formula is C17H16FNO5. The number of aromatic carboxylic acids is 1. The highest BCUT2D eigenvalue weighted by Crippen LogP contribution is 2.27. The van der Waals surface area contributed by atoms with Gasteiger partial charge in [0.2, 0.25) is 5.76 Å². The van der Waals surface area contributed by atoms with E-state index in [9.17, 15) is 14.0 Å². The van der Waals surface area contributed by atoms with Gasteiger partial charge in [0.15, 0.2) is 17.3 Å². The number of carboxylic acids is 1. The van der Waals surface area contributed by atoms with Crippen LogP contribution in [0.2, 0.25) is 0 Å². The Morgan fingerprint density at radius 1 is 1.17 bits per heavy atom. The zero-order chi connectivity index (χ0) is 17.1. The fourth-order valence-corrected chi connectivity index (χ4v) is 2.63. The Bertz CT molecular complexity index is 764. The summed E-state index contributed by atoms with van der Waals surface area (Å²) in [6, 6.07) is 6.56. The first kappa shape index (κ1) is 16.0. The van der Waals surface area contributed by atoms with Gasteiger partial charge < -0.3 is 19.6 Å². The van der Waals surface area contributed by atoms with E-state index in [1.165, 1.54) is 24.3 Å². The molecule has 0 spiro atoms. The number of nitrogens with one attached hydrogen (secondary N) is 1. The molecule has 0 bridgehead atoms. The van der Waals surface area contributed by atoms with Gasteiger partial charge in [-0.2, -0.15) is 0 Å². The molecule has 2 N–H and O–H groups in total. The van der Waals surface area contributed by atoms with Crippen molar-refractivity contribution in [1.29, 1.82) is 0 Å². The number of hydrogen-bond donors (Lipinski definition) is 2. The zero-order valence-electron chi connectivity index (χ0n) is 12.8. The highest BCUT2D eigenvalue weighted by molar-refractivity contribution is 6.02. The Labute approximate surface area is 137 Å². The number of rotatable bonds is 5. The van der Waals surface area contributed by atoms with Crippen LogP contribution < -0.4 is 10.1 Å². The minimum Gasteiger partial charge on any atom is -0.487 e. The molecule has 1 aromatic carbocycles. The lowest BCUT2D eigenvalue weighted by atomic mass is 10.2. The molecule has 1 amide bonds. The molecule has 1 saturated carbocycles. The molecule has 1 aromatic heterocycles. The summed E-state index contributed by atoms with van der Waals surface area (Å²) in [6.07, 6.45) is 4.05. The van der Waals surface area contributed by atoms with Crippen molar-refractivity contribution in [3.05, 3.63) is 47.7 Å². The van der Waals surface area contributed by atoms with Crippen molar-refractivity contribution < 1.29 is 28.2 Å². The monoisotopic (exact) mass is 333 g/mol. The topological polar surface area (TPSA) is 88.8 Å². The minimum atomic E-state index is -1.27. The molecule has 24 heavy (non-hydrogen) atoms. The average molecular weight is 333 g/mol. The van der Waals surface area contributed by atoms with Gasteiger partial charge in [-0.15, -0.1) is 0 Å². The normalized spacial score (nSPS) is 14.5. The molecule has 0 saturated heterocycles. The van der Waals surface area contributed by atoms with E-state index >= 15 is 0 Å². The first-order valence-electron chi connectivity index (χ1n) is 7.63. The van der Waals surface area contributed by atoms with Crippen LogP contribution in [0.5, 0.6) is 5.75 Å². The summed E-state index contributed by atoms with van der Waals surface area (Å²) in [6.45, 7) is 0. The van der Waals surface area contributed by atoms with Crippen LogP contribution in [-0.4, -0.2) is 23.1 Å². The fourth-order valence-electron chi connectivity index (χ4n) is 2.63. The maximum absolute atomic E-state index is 14.1. The Morgan fingerprint density at radius 2 is 1.88 bits per heavy atom. The van der Waals surface area contributed by atoms with Crippen LogP contribution in [0.1, 0.15) is 46.8 Å². The average Bonchev–Trinajstić information content (AvgIpc) is 3.21. The van der Waals surface area contributed by atoms with E-state index in [-0.39, 0.29) is 29.1 Å². The van der Waals surface area contributed by atoms with Crippen molar-refractivity contribution in [3.8, 4) is 5.75 Å². The lowest BCUT2D eigenvalue weighted by Crippen LogP contribution is -2.13. The van der Waals surface area contributed by atoms with Gasteiger partial charge in [0.25, 0.3) is 5.91 Å². The van der Waals surface area contributed by atoms with E-state index in [2.05, 4.69) is 5.32 Å². The number of carbonyl (C=O) groups excluding carboxylic acids is 1. The van der Waals surface area contributed by atoms with Gasteiger partial charge in [-0.25, -0.2) is 9.18 Å². The van der Waals surface area contributed by atoms with Gasteiger partial charge in [0, 0.05) is 11.8 Å². The Morgan fingerprint density at radius 3 is 2.50 bits per heavy atom. The second kappa shape index (κ2) is 6.74. The van der Waals surface area contributed by atoms with Crippen molar-refractivity contribution in [1.82, 2.24) is 0 Å². The molecule has 0 unspecified atom stereocenters. The third kappa shape index (κ3) is 3.56. The summed E-state index contributed by atoms with van der Waals surface area (Å²) in [5, 5.41) is 11.2. The second-order valence-electron chi connectivity index (χ2n) is 5.59. The van der Waals surface area contributed by atoms with Gasteiger partial charge in [-0.05, 0) is 49.9 Å². The summed E-state index contributed by atoms with van der Waals surface area (Å²) >= 11 is 0. The van der Waals surface area contributed by atoms with E-state index < -0.39 is 17.7 Å². The first-order valence-corrected chi connectivity index (χ1v) is 7.63. The van der Waals surface area contributed by atoms with Crippen LogP contribution in [0, 0.1) is 5.82 Å². The highest BCUT2D eigenvalue weighted by atomic mass is 19.1. The number of carbonyl (C=O) groups is 2. The predicted molar refractivity (Wildman–Crippen MR) is 82.9 cm³/mol. The predicted octanol–water partition coefficient (Wildman–Crippen LogP) is 3.69. The molecule has 0 radical (unpaired) electrons. The summed E-state index contributed by atoms with van der Waals surface area (Å²) in [5.41, 5.74) is 0.226. The molecule has 1 aliphatic rings. The van der Waals surface area contributed by atoms with Crippen molar-refractivity contribution >= 4 is 17.6 Å². The molecule has 6 nitrogen and oxygen atoms in total. The third-order valence-corrected chi connectivity index (χ3v) is 3.83. The molecular weight excluding hydrogens is 317 g/mol. The van der Waals surface area contributed by atoms with E-state index in [0.29, 0.717) is 0 Å². The second-order valence-corrected chi connectivity index (χ2v) is 5.59. The van der Waals surface area contributed by atoms with Gasteiger partial charge in [0.1, 0.15) is 0 Å². The molecule has 7 heteroatoms. The van der Waals surface area contributed by atoms with Crippen LogP contribution >= 0.6 is 0 Å². The Hall–Kier alpha value is -2.83. The standard InChI is InChI=1S/C17H16FNO5/c18-12-9-10(5-6-13(12)23-11-3-1-2-4-11)19-16(20)14-7-8-15(24-14)17(21)22/h5-9,11H,1-4H2,(H,19,20)(H,21,22). The van der Waals surface area contributed by atoms with Crippen molar-refractivity contribution in [2.75, 3.05) is 5.32 Å². The molecule has 1 fully saturated rings. The maximum atomic E-state index is 14.1. The fraction of sp³-hybridized carbons (Fsp3) is 0.294. The Kier molecular flexibility index (Phi) is 4.50. The quantitative estimate of drug-likeness (QED) is 0.871. The van der Waals surface area contributed by atoms with E-state index in [1.807, 2.05) is 0 Å². The van der Waals surface area contributed by atoms with Gasteiger partial charge in [0.05, 0.1) is 6.10 Å². The molecule has 2 aromatic rings. The maximum Gasteiger partial charge on any atom is 0.371 e. The molecule has 3 rings (SSSR count). The number of carboxylic acid groups (broad SMARTS) is 1. The lowest BCUT2D eigenvalue weighted by Gasteiger charge is -2.14. The molecule has 0 atom stereocenters. The van der Waals surface area contributed by atoms with Gasteiger partial charge in [-0.1, -0.05) is 0 Å². The summed E-state index contributed by atoms with van der Waals surface area (Å²) < 4.78 is 24.6. The number of ether oxygens (including phenoxy) is 1. The van der Waals surface area contributed by atoms with Gasteiger partial charge in [-0.3, -0.25) is 4.79 Å². The summed E-state index contributed by atoms with van der Waals surface area (Å²) in [4.78, 5) is 22.7. The molecule has 1 heterocycles. The minimum absolute atomic E-state index is 0.0394. The third-order valence-electron chi connectivity index (χ3n) is 3.83. The summed E-state index contributed by atoms with van der Waals surface area (Å²) in [5.74, 6) is -2.85. The van der Waals surface area contributed by atoms with Gasteiger partial charge >= 0.3 is 5.97 Å². The van der Waals surface area contributed by atoms with Crippen LogP contribution in [0.4, 0.5) is 10.1 Å². The number of hydrogen-bond acceptors (Lipinski definition) is 4. The smallest absolute Gasteiger partial charge is 0.371 e. The number of furan rings is 1. The van der Waals surface area contributed by atoms with Crippen molar-refractivity contribution in [2.45, 2.75) is 31.8 Å². The molecule has 0 aliphatic heterocycles. The van der Waals surface area contributed by atoms with Crippen LogP contribution in [0.3, 0.4) is 0 Å². The van der Waals surface area contributed by atoms with Crippen LogP contribution in [0.15, 0.2) is 34.7 Å². The SMILES string of the molecule is O=C(O)c1ccc(C(=O)Nc2ccc(OC3CCCC3)c(F)c2)o1. The number of halogens is 1. The summed E-state index contributed by atoms with van der Waals surface area (Å²) in [7, 11) is 0.